The summed E-state index contributed by atoms with van der Waals surface area (Å²) in [5, 5.41) is 19.4. The van der Waals surface area contributed by atoms with E-state index in [9.17, 15) is 9.32 Å². The van der Waals surface area contributed by atoms with Gasteiger partial charge in [-0.05, 0) is 12.1 Å². The van der Waals surface area contributed by atoms with E-state index in [1.165, 1.54) is 25.6 Å². The van der Waals surface area contributed by atoms with Crippen molar-refractivity contribution in [3.05, 3.63) is 69.1 Å². The van der Waals surface area contributed by atoms with Crippen LogP contribution in [-0.4, -0.2) is 68.8 Å². The topological polar surface area (TPSA) is 164 Å². The summed E-state index contributed by atoms with van der Waals surface area (Å²) in [4.78, 5) is 10.5. The van der Waals surface area contributed by atoms with Crippen LogP contribution in [0.1, 0.15) is 28.5 Å². The molecule has 0 saturated carbocycles. The Morgan fingerprint density at radius 3 is 2.41 bits per heavy atom. The zero-order chi connectivity index (χ0) is 28.3. The van der Waals surface area contributed by atoms with Gasteiger partial charge < -0.3 is 25.2 Å². The number of ether oxygens (including phenoxy) is 2. The summed E-state index contributed by atoms with van der Waals surface area (Å²) >= 11 is 12.5. The molecule has 2 atom stereocenters. The molecule has 3 aromatic rings. The van der Waals surface area contributed by atoms with E-state index in [2.05, 4.69) is 9.97 Å². The van der Waals surface area contributed by atoms with E-state index in [0.717, 1.165) is 0 Å². The molecule has 39 heavy (non-hydrogen) atoms. The number of nitrogen functional groups attached to an aromatic ring is 1. The molecule has 3 heterocycles. The van der Waals surface area contributed by atoms with Crippen LogP contribution < -0.4 is 25.8 Å². The van der Waals surface area contributed by atoms with Gasteiger partial charge in [0, 0.05) is 85.0 Å². The molecule has 1 unspecified atom stereocenters. The molecule has 14 heteroatoms. The number of nitrogens with zero attached hydrogens (tertiary/aromatic N) is 4. The molecule has 0 bridgehead atoms. The maximum absolute atomic E-state index is 11.8. The summed E-state index contributed by atoms with van der Waals surface area (Å²) in [6.07, 6.45) is 4.99. The van der Waals surface area contributed by atoms with E-state index in [4.69, 9.17) is 49.6 Å². The lowest BCUT2D eigenvalue weighted by molar-refractivity contribution is 0.204. The number of methoxy groups -OCH3 is 1. The van der Waals surface area contributed by atoms with E-state index in [1.54, 1.807) is 24.6 Å². The number of aromatic nitrogens is 2. The average Bonchev–Trinajstić information content (AvgIpc) is 2.93. The van der Waals surface area contributed by atoms with Crippen LogP contribution in [0.25, 0.3) is 0 Å². The van der Waals surface area contributed by atoms with Crippen molar-refractivity contribution in [3.8, 4) is 11.5 Å². The zero-order valence-electron chi connectivity index (χ0n) is 21.4. The first-order valence-electron chi connectivity index (χ1n) is 11.9. The lowest BCUT2D eigenvalue weighted by atomic mass is 10.00. The molecule has 1 fully saturated rings. The van der Waals surface area contributed by atoms with Crippen LogP contribution in [0.4, 0.5) is 11.5 Å². The highest BCUT2D eigenvalue weighted by Crippen LogP contribution is 2.37. The number of hydrogen-bond acceptors (Lipinski definition) is 10. The molecule has 0 radical (unpaired) electrons. The molecule has 6 N–H and O–H groups in total. The van der Waals surface area contributed by atoms with Gasteiger partial charge in [0.2, 0.25) is 0 Å². The molecule has 11 nitrogen and oxygen atoms in total. The minimum atomic E-state index is -1.06. The average molecular weight is 595 g/mol. The van der Waals surface area contributed by atoms with Crippen LogP contribution in [0.2, 0.25) is 10.0 Å². The smallest absolute Gasteiger partial charge is 0.177 e. The first kappa shape index (κ1) is 29.0. The van der Waals surface area contributed by atoms with E-state index in [-0.39, 0.29) is 33.8 Å². The normalized spacial score (nSPS) is 15.6. The zero-order valence-corrected chi connectivity index (χ0v) is 23.7. The number of benzene rings is 1. The number of aliphatic hydroxyl groups excluding tert-OH is 1. The van der Waals surface area contributed by atoms with Crippen LogP contribution in [0.5, 0.6) is 11.5 Å². The molecule has 0 spiro atoms. The SMILES string of the molecule is COc1cc(N)c(C(=N)c2cnc(N3CCN(S(C)=O)CC3)c(CO)c2)cc1O[C@H](N)c1c(Cl)cncc1Cl. The van der Waals surface area contributed by atoms with Crippen LogP contribution in [0.3, 0.4) is 0 Å². The minimum absolute atomic E-state index is 0.0634. The molecule has 0 amide bonds. The van der Waals surface area contributed by atoms with Gasteiger partial charge >= 0.3 is 0 Å². The summed E-state index contributed by atoms with van der Waals surface area (Å²) in [7, 11) is 0.425. The summed E-state index contributed by atoms with van der Waals surface area (Å²) in [6, 6.07) is 4.80. The molecule has 1 saturated heterocycles. The van der Waals surface area contributed by atoms with Crippen LogP contribution >= 0.6 is 23.2 Å². The first-order valence-corrected chi connectivity index (χ1v) is 14.1. The fraction of sp³-hybridized carbons (Fsp3) is 0.320. The third-order valence-corrected chi connectivity index (χ3v) is 8.03. The lowest BCUT2D eigenvalue weighted by Gasteiger charge is -2.34. The Kier molecular flexibility index (Phi) is 9.26. The quantitative estimate of drug-likeness (QED) is 0.166. The second-order valence-electron chi connectivity index (χ2n) is 8.73. The van der Waals surface area contributed by atoms with Gasteiger partial charge in [-0.25, -0.2) is 13.5 Å². The molecule has 208 valence electrons. The molecule has 1 aliphatic rings. The molecule has 1 aliphatic heterocycles. The molecule has 4 rings (SSSR count). The lowest BCUT2D eigenvalue weighted by Crippen LogP contribution is -2.47. The molecule has 0 aliphatic carbocycles. The number of piperazine rings is 1. The van der Waals surface area contributed by atoms with Crippen molar-refractivity contribution in [3.63, 3.8) is 0 Å². The molecule has 2 aromatic heterocycles. The highest BCUT2D eigenvalue weighted by atomic mass is 35.5. The predicted octanol–water partition coefficient (Wildman–Crippen LogP) is 2.73. The van der Waals surface area contributed by atoms with E-state index < -0.39 is 17.2 Å². The Hall–Kier alpha value is -3.00. The van der Waals surface area contributed by atoms with Crippen LogP contribution in [-0.2, 0) is 17.6 Å². The van der Waals surface area contributed by atoms with Crippen molar-refractivity contribution in [2.75, 3.05) is 50.2 Å². The number of hydrogen-bond donors (Lipinski definition) is 4. The summed E-state index contributed by atoms with van der Waals surface area (Å²) in [6.45, 7) is 2.22. The highest BCUT2D eigenvalue weighted by Gasteiger charge is 2.24. The molecular weight excluding hydrogens is 565 g/mol. The number of nitrogens with one attached hydrogen (secondary N) is 1. The number of anilines is 2. The molecular formula is C25H29Cl2N7O4S. The van der Waals surface area contributed by atoms with Crippen molar-refractivity contribution in [1.82, 2.24) is 14.3 Å². The van der Waals surface area contributed by atoms with E-state index in [0.29, 0.717) is 60.0 Å². The maximum atomic E-state index is 11.8. The van der Waals surface area contributed by atoms with Gasteiger partial charge in [0.05, 0.1) is 40.5 Å². The van der Waals surface area contributed by atoms with Crippen LogP contribution in [0, 0.1) is 5.41 Å². The van der Waals surface area contributed by atoms with E-state index in [1.807, 2.05) is 9.21 Å². The van der Waals surface area contributed by atoms with Gasteiger partial charge in [-0.2, -0.15) is 0 Å². The number of rotatable bonds is 9. The Labute approximate surface area is 238 Å². The largest absolute Gasteiger partial charge is 0.493 e. The van der Waals surface area contributed by atoms with Gasteiger partial charge in [-0.15, -0.1) is 0 Å². The Morgan fingerprint density at radius 2 is 1.82 bits per heavy atom. The summed E-state index contributed by atoms with van der Waals surface area (Å²) in [5.41, 5.74) is 14.6. The first-order chi connectivity index (χ1) is 18.6. The number of nitrogens with two attached hydrogens (primary N) is 2. The van der Waals surface area contributed by atoms with Crippen molar-refractivity contribution >= 4 is 51.4 Å². The Balaban J connectivity index is 1.62. The second-order valence-corrected chi connectivity index (χ2v) is 10.9. The standard InChI is InChI=1S/C25H29Cl2N7O4S/c1-37-20-9-19(28)16(8-21(20)38-24(30)22-17(26)11-31-12-18(22)27)23(29)14-7-15(13-35)25(32-10-14)33-3-5-34(6-4-33)39(2)36/h7-12,24,29,35H,3-6,13,28,30H2,1-2H3/t24-,39?/m0/s1. The van der Waals surface area contributed by atoms with Crippen molar-refractivity contribution in [1.29, 1.82) is 5.41 Å². The monoisotopic (exact) mass is 593 g/mol. The van der Waals surface area contributed by atoms with Gasteiger partial charge in [0.1, 0.15) is 5.82 Å². The van der Waals surface area contributed by atoms with Gasteiger partial charge in [-0.3, -0.25) is 16.1 Å². The van der Waals surface area contributed by atoms with Crippen molar-refractivity contribution in [2.24, 2.45) is 5.73 Å². The van der Waals surface area contributed by atoms with E-state index >= 15 is 0 Å². The third-order valence-electron chi connectivity index (χ3n) is 6.34. The number of aliphatic hydroxyl groups is 1. The van der Waals surface area contributed by atoms with Crippen LogP contribution in [0.15, 0.2) is 36.8 Å². The highest BCUT2D eigenvalue weighted by molar-refractivity contribution is 7.81. The van der Waals surface area contributed by atoms with Gasteiger partial charge in [0.25, 0.3) is 0 Å². The Bertz CT molecular complexity index is 1380. The van der Waals surface area contributed by atoms with Gasteiger partial charge in [0.15, 0.2) is 17.7 Å². The fourth-order valence-electron chi connectivity index (χ4n) is 4.29. The fourth-order valence-corrected chi connectivity index (χ4v) is 5.54. The number of halogens is 2. The minimum Gasteiger partial charge on any atom is -0.493 e. The third kappa shape index (κ3) is 6.26. The van der Waals surface area contributed by atoms with Crippen molar-refractivity contribution < 1.29 is 18.8 Å². The molecule has 1 aromatic carbocycles. The summed E-state index contributed by atoms with van der Waals surface area (Å²) in [5.74, 6) is 1.15. The predicted molar refractivity (Wildman–Crippen MR) is 153 cm³/mol. The van der Waals surface area contributed by atoms with Crippen molar-refractivity contribution in [2.45, 2.75) is 12.8 Å². The number of pyridine rings is 2. The maximum Gasteiger partial charge on any atom is 0.177 e. The second kappa shape index (κ2) is 12.5. The Morgan fingerprint density at radius 1 is 1.15 bits per heavy atom. The summed E-state index contributed by atoms with van der Waals surface area (Å²) < 4.78 is 25.0. The van der Waals surface area contributed by atoms with Gasteiger partial charge in [-0.1, -0.05) is 23.2 Å².